The van der Waals surface area contributed by atoms with Gasteiger partial charge < -0.3 is 18.8 Å². The lowest BCUT2D eigenvalue weighted by molar-refractivity contribution is -0.136. The van der Waals surface area contributed by atoms with Gasteiger partial charge in [-0.2, -0.15) is 0 Å². The summed E-state index contributed by atoms with van der Waals surface area (Å²) in [6.45, 7) is 7.76. The minimum absolute atomic E-state index is 0.247. The molecule has 7 nitrogen and oxygen atoms in total. The lowest BCUT2D eigenvalue weighted by Gasteiger charge is -2.18. The van der Waals surface area contributed by atoms with Crippen molar-refractivity contribution in [3.8, 4) is 17.2 Å². The molecule has 0 N–H and O–H groups in total. The summed E-state index contributed by atoms with van der Waals surface area (Å²) >= 11 is 0. The van der Waals surface area contributed by atoms with Crippen LogP contribution in [0.2, 0.25) is 0 Å². The first-order chi connectivity index (χ1) is 17.2. The molecule has 36 heavy (non-hydrogen) atoms. The molecule has 2 heterocycles. The molecule has 1 aliphatic rings. The Labute approximate surface area is 211 Å². The molecular formula is C29H30N2O5. The van der Waals surface area contributed by atoms with E-state index >= 15 is 0 Å². The van der Waals surface area contributed by atoms with Gasteiger partial charge in [0.15, 0.2) is 0 Å². The van der Waals surface area contributed by atoms with E-state index in [0.29, 0.717) is 17.1 Å². The summed E-state index contributed by atoms with van der Waals surface area (Å²) in [6.07, 6.45) is 1.77. The molecule has 0 bridgehead atoms. The summed E-state index contributed by atoms with van der Waals surface area (Å²) in [5.74, 6) is 0.568. The molecule has 0 saturated carbocycles. The van der Waals surface area contributed by atoms with E-state index in [1.165, 1.54) is 12.0 Å². The van der Waals surface area contributed by atoms with E-state index in [1.54, 1.807) is 51.5 Å². The van der Waals surface area contributed by atoms with E-state index in [1.807, 2.05) is 39.0 Å². The average molecular weight is 487 g/mol. The van der Waals surface area contributed by atoms with Gasteiger partial charge in [0.2, 0.25) is 0 Å². The number of amides is 1. The van der Waals surface area contributed by atoms with Crippen LogP contribution in [0.4, 0.5) is 5.69 Å². The number of allylic oxidation sites excluding steroid dienone is 1. The number of nitrogens with zero attached hydrogens (tertiary/aromatic N) is 2. The van der Waals surface area contributed by atoms with Gasteiger partial charge in [-0.25, -0.2) is 4.79 Å². The molecule has 1 aromatic heterocycles. The molecule has 1 amide bonds. The van der Waals surface area contributed by atoms with E-state index in [4.69, 9.17) is 14.2 Å². The Kier molecular flexibility index (Phi) is 6.75. The Morgan fingerprint density at radius 2 is 1.58 bits per heavy atom. The fourth-order valence-electron chi connectivity index (χ4n) is 4.66. The molecule has 0 radical (unpaired) electrons. The maximum Gasteiger partial charge on any atom is 0.340 e. The minimum Gasteiger partial charge on any atom is -0.497 e. The monoisotopic (exact) mass is 486 g/mol. The molecule has 0 unspecified atom stereocenters. The van der Waals surface area contributed by atoms with E-state index in [9.17, 15) is 9.59 Å². The largest absolute Gasteiger partial charge is 0.497 e. The van der Waals surface area contributed by atoms with Crippen LogP contribution in [0, 0.1) is 20.8 Å². The first-order valence-corrected chi connectivity index (χ1v) is 11.6. The van der Waals surface area contributed by atoms with Gasteiger partial charge >= 0.3 is 5.97 Å². The quantitative estimate of drug-likeness (QED) is 0.349. The maximum absolute atomic E-state index is 13.7. The van der Waals surface area contributed by atoms with Gasteiger partial charge in [0.1, 0.15) is 11.5 Å². The number of methoxy groups -OCH3 is 3. The number of ether oxygens (including phenoxy) is 3. The van der Waals surface area contributed by atoms with Gasteiger partial charge in [-0.1, -0.05) is 6.07 Å². The highest BCUT2D eigenvalue weighted by atomic mass is 16.5. The fourth-order valence-corrected chi connectivity index (χ4v) is 4.66. The summed E-state index contributed by atoms with van der Waals surface area (Å²) in [6, 6.07) is 15.1. The minimum atomic E-state index is -0.558. The van der Waals surface area contributed by atoms with E-state index in [2.05, 4.69) is 10.6 Å². The molecule has 3 aromatic rings. The van der Waals surface area contributed by atoms with Crippen LogP contribution >= 0.6 is 0 Å². The molecule has 186 valence electrons. The zero-order chi connectivity index (χ0) is 26.1. The number of esters is 1. The summed E-state index contributed by atoms with van der Waals surface area (Å²) in [7, 11) is 4.54. The summed E-state index contributed by atoms with van der Waals surface area (Å²) in [4.78, 5) is 28.0. The third kappa shape index (κ3) is 4.17. The Morgan fingerprint density at radius 1 is 0.889 bits per heavy atom. The van der Waals surface area contributed by atoms with Crippen LogP contribution < -0.4 is 14.4 Å². The average Bonchev–Trinajstić information content (AvgIpc) is 3.29. The second kappa shape index (κ2) is 9.77. The highest BCUT2D eigenvalue weighted by Gasteiger charge is 2.38. The number of rotatable bonds is 6. The number of aryl methyl sites for hydroxylation is 2. The van der Waals surface area contributed by atoms with Crippen molar-refractivity contribution in [3.63, 3.8) is 0 Å². The van der Waals surface area contributed by atoms with E-state index < -0.39 is 5.97 Å². The van der Waals surface area contributed by atoms with Crippen molar-refractivity contribution >= 4 is 23.6 Å². The molecule has 7 heteroatoms. The fraction of sp³-hybridized carbons (Fsp3) is 0.241. The highest BCUT2D eigenvalue weighted by Crippen LogP contribution is 2.37. The van der Waals surface area contributed by atoms with Crippen LogP contribution in [0.3, 0.4) is 0 Å². The predicted octanol–water partition coefficient (Wildman–Crippen LogP) is 5.30. The number of hydrogen-bond acceptors (Lipinski definition) is 5. The molecule has 0 aliphatic carbocycles. The van der Waals surface area contributed by atoms with Crippen LogP contribution in [0.1, 0.15) is 29.4 Å². The molecule has 2 aromatic carbocycles. The molecule has 0 atom stereocenters. The number of aromatic nitrogens is 1. The zero-order valence-corrected chi connectivity index (χ0v) is 21.6. The third-order valence-electron chi connectivity index (χ3n) is 6.47. The molecule has 0 spiro atoms. The third-order valence-corrected chi connectivity index (χ3v) is 6.47. The molecule has 0 saturated heterocycles. The number of benzene rings is 2. The lowest BCUT2D eigenvalue weighted by atomic mass is 10.0. The van der Waals surface area contributed by atoms with Gasteiger partial charge in [0.25, 0.3) is 5.91 Å². The zero-order valence-electron chi connectivity index (χ0n) is 21.6. The van der Waals surface area contributed by atoms with Gasteiger partial charge in [-0.3, -0.25) is 9.69 Å². The Bertz CT molecular complexity index is 1410. The van der Waals surface area contributed by atoms with Crippen molar-refractivity contribution in [3.05, 3.63) is 87.9 Å². The smallest absolute Gasteiger partial charge is 0.340 e. The van der Waals surface area contributed by atoms with Crippen molar-refractivity contribution in [2.24, 2.45) is 0 Å². The Morgan fingerprint density at radius 3 is 2.19 bits per heavy atom. The number of carbonyl (C=O) groups is 2. The summed E-state index contributed by atoms with van der Waals surface area (Å²) < 4.78 is 18.0. The van der Waals surface area contributed by atoms with Gasteiger partial charge in [0.05, 0.1) is 38.2 Å². The number of carbonyl (C=O) groups excluding carboxylic acids is 2. The first-order valence-electron chi connectivity index (χ1n) is 11.6. The van der Waals surface area contributed by atoms with Crippen molar-refractivity contribution < 1.29 is 23.8 Å². The van der Waals surface area contributed by atoms with Gasteiger partial charge in [-0.15, -0.1) is 0 Å². The predicted molar refractivity (Wildman–Crippen MR) is 140 cm³/mol. The second-order valence-electron chi connectivity index (χ2n) is 8.69. The van der Waals surface area contributed by atoms with E-state index in [-0.39, 0.29) is 17.1 Å². The second-order valence-corrected chi connectivity index (χ2v) is 8.69. The van der Waals surface area contributed by atoms with Crippen LogP contribution in [0.15, 0.2) is 65.4 Å². The van der Waals surface area contributed by atoms with Crippen LogP contribution in [0.25, 0.3) is 11.8 Å². The standard InChI is InChI=1S/C29H30N2O5/c1-17-8-13-26(35-6)25(14-17)30-18(2)15-21(19(30)3)16-24-27(29(33)36-7)20(4)31(28(24)32)22-9-11-23(34-5)12-10-22/h8-16H,1-7H3/b24-16-. The van der Waals surface area contributed by atoms with Crippen molar-refractivity contribution in [1.82, 2.24) is 4.57 Å². The normalized spacial score (nSPS) is 14.6. The van der Waals surface area contributed by atoms with Gasteiger partial charge in [0, 0.05) is 22.8 Å². The Hall–Kier alpha value is -4.26. The van der Waals surface area contributed by atoms with Crippen LogP contribution in [0.5, 0.6) is 11.5 Å². The van der Waals surface area contributed by atoms with Gasteiger partial charge in [-0.05, 0) is 87.4 Å². The molecule has 0 fully saturated rings. The maximum atomic E-state index is 13.7. The Balaban J connectivity index is 1.85. The molecule has 1 aliphatic heterocycles. The van der Waals surface area contributed by atoms with Crippen molar-refractivity contribution in [2.75, 3.05) is 26.2 Å². The summed E-state index contributed by atoms with van der Waals surface area (Å²) in [5.41, 5.74) is 6.41. The van der Waals surface area contributed by atoms with Crippen LogP contribution in [-0.2, 0) is 14.3 Å². The number of hydrogen-bond donors (Lipinski definition) is 0. The first kappa shape index (κ1) is 24.9. The van der Waals surface area contributed by atoms with Crippen molar-refractivity contribution in [1.29, 1.82) is 0 Å². The highest BCUT2D eigenvalue weighted by molar-refractivity contribution is 6.23. The molecule has 4 rings (SSSR count). The van der Waals surface area contributed by atoms with Crippen molar-refractivity contribution in [2.45, 2.75) is 27.7 Å². The number of anilines is 1. The van der Waals surface area contributed by atoms with E-state index in [0.717, 1.165) is 34.0 Å². The SMILES string of the molecule is COC(=O)C1=C(C)N(c2ccc(OC)cc2)C(=O)/C1=C\c1cc(C)n(-c2cc(C)ccc2OC)c1C. The van der Waals surface area contributed by atoms with Crippen LogP contribution in [-0.4, -0.2) is 37.8 Å². The topological polar surface area (TPSA) is 70.0 Å². The molecular weight excluding hydrogens is 456 g/mol. The lowest BCUT2D eigenvalue weighted by Crippen LogP contribution is -2.24. The summed E-state index contributed by atoms with van der Waals surface area (Å²) in [5, 5.41) is 0.